The number of hydrogen-bond acceptors (Lipinski definition) is 5. The Hall–Kier alpha value is -2.69. The van der Waals surface area contributed by atoms with Crippen LogP contribution in [0.2, 0.25) is 5.04 Å². The van der Waals surface area contributed by atoms with Gasteiger partial charge in [-0.2, -0.15) is 0 Å². The van der Waals surface area contributed by atoms with Gasteiger partial charge < -0.3 is 18.6 Å². The van der Waals surface area contributed by atoms with Crippen molar-refractivity contribution in [3.63, 3.8) is 0 Å². The minimum atomic E-state index is -2.57. The zero-order valence-corrected chi connectivity index (χ0v) is 27.2. The number of carbonyl (C=O) groups is 1. The van der Waals surface area contributed by atoms with E-state index in [1.54, 1.807) is 0 Å². The normalized spacial score (nSPS) is 18.2. The highest BCUT2D eigenvalue weighted by atomic mass is 28.4. The first-order valence-corrected chi connectivity index (χ1v) is 17.4. The fourth-order valence-electron chi connectivity index (χ4n) is 5.81. The zero-order chi connectivity index (χ0) is 30.4. The highest BCUT2D eigenvalue weighted by Gasteiger charge is 2.49. The summed E-state index contributed by atoms with van der Waals surface area (Å²) in [6.45, 7) is 11.7. The third-order valence-corrected chi connectivity index (χ3v) is 12.9. The van der Waals surface area contributed by atoms with E-state index in [1.165, 1.54) is 17.3 Å². The highest BCUT2D eigenvalue weighted by Crippen LogP contribution is 2.37. The van der Waals surface area contributed by atoms with Gasteiger partial charge in [0.25, 0.3) is 8.32 Å². The molecule has 0 saturated carbocycles. The SMILES string of the molecule is C#CC[C@@H](C)C[C@@H](OC1CCCCO1)[C@H](/C=C/CCCO[Si](c1ccccc1)(c1ccccc1)C(C)(C)C)OC(C)=O. The van der Waals surface area contributed by atoms with E-state index < -0.39 is 14.4 Å². The minimum Gasteiger partial charge on any atom is -0.456 e. The average molecular weight is 591 g/mol. The molecule has 0 aromatic heterocycles. The fraction of sp³-hybridized carbons (Fsp3) is 0.528. The molecule has 0 N–H and O–H groups in total. The number of rotatable bonds is 15. The van der Waals surface area contributed by atoms with E-state index >= 15 is 0 Å². The number of terminal acetylenes is 1. The van der Waals surface area contributed by atoms with Gasteiger partial charge in [-0.1, -0.05) is 94.4 Å². The summed E-state index contributed by atoms with van der Waals surface area (Å²) < 4.78 is 25.0. The summed E-state index contributed by atoms with van der Waals surface area (Å²) in [6.07, 6.45) is 14.4. The number of esters is 1. The van der Waals surface area contributed by atoms with Crippen molar-refractivity contribution in [3.8, 4) is 12.3 Å². The van der Waals surface area contributed by atoms with Crippen molar-refractivity contribution in [2.45, 2.75) is 103 Å². The van der Waals surface area contributed by atoms with E-state index in [4.69, 9.17) is 25.1 Å². The van der Waals surface area contributed by atoms with Crippen molar-refractivity contribution in [3.05, 3.63) is 72.8 Å². The van der Waals surface area contributed by atoms with Crippen LogP contribution in [0.5, 0.6) is 0 Å². The van der Waals surface area contributed by atoms with E-state index in [0.29, 0.717) is 26.1 Å². The number of carbonyl (C=O) groups excluding carboxylic acids is 1. The summed E-state index contributed by atoms with van der Waals surface area (Å²) in [7, 11) is -2.57. The predicted molar refractivity (Wildman–Crippen MR) is 173 cm³/mol. The number of allylic oxidation sites excluding steroid dienone is 1. The molecule has 1 aliphatic rings. The molecule has 42 heavy (non-hydrogen) atoms. The fourth-order valence-corrected chi connectivity index (χ4v) is 10.4. The Kier molecular flexibility index (Phi) is 13.5. The topological polar surface area (TPSA) is 54.0 Å². The Morgan fingerprint density at radius 2 is 1.74 bits per heavy atom. The quantitative estimate of drug-likeness (QED) is 0.0752. The van der Waals surface area contributed by atoms with Gasteiger partial charge in [-0.3, -0.25) is 4.79 Å². The molecule has 3 rings (SSSR count). The third kappa shape index (κ3) is 9.67. The van der Waals surface area contributed by atoms with Crippen LogP contribution in [0, 0.1) is 18.3 Å². The van der Waals surface area contributed by atoms with Crippen LogP contribution in [0.25, 0.3) is 0 Å². The summed E-state index contributed by atoms with van der Waals surface area (Å²) in [5.41, 5.74) is 0. The van der Waals surface area contributed by atoms with E-state index in [1.807, 2.05) is 6.08 Å². The smallest absolute Gasteiger partial charge is 0.303 e. The molecule has 1 fully saturated rings. The lowest BCUT2D eigenvalue weighted by atomic mass is 9.96. The molecule has 2 aromatic rings. The first-order chi connectivity index (χ1) is 20.2. The summed E-state index contributed by atoms with van der Waals surface area (Å²) >= 11 is 0. The summed E-state index contributed by atoms with van der Waals surface area (Å²) in [5, 5.41) is 2.49. The maximum atomic E-state index is 12.1. The standard InChI is InChI=1S/C36H50O5Si/c1-7-19-29(2)28-34(41-35-25-16-18-26-38-35)33(40-30(3)37)24-15-10-17-27-39-42(36(4,5)6,31-20-11-8-12-21-31)32-22-13-9-14-23-32/h1,8-9,11-15,20-24,29,33-35H,10,16-19,25-28H2,2-6H3/b24-15+/t29-,33+,34-,35?/m1/s1. The van der Waals surface area contributed by atoms with Crippen molar-refractivity contribution >= 4 is 24.7 Å². The Bertz CT molecular complexity index is 1090. The molecule has 0 spiro atoms. The van der Waals surface area contributed by atoms with Crippen LogP contribution in [0.4, 0.5) is 0 Å². The summed E-state index contributed by atoms with van der Waals surface area (Å²) in [6, 6.07) is 21.4. The van der Waals surface area contributed by atoms with Gasteiger partial charge in [0, 0.05) is 26.6 Å². The second kappa shape index (κ2) is 16.8. The molecule has 6 heteroatoms. The van der Waals surface area contributed by atoms with Crippen LogP contribution < -0.4 is 10.4 Å². The summed E-state index contributed by atoms with van der Waals surface area (Å²) in [4.78, 5) is 12.1. The molecule has 5 nitrogen and oxygen atoms in total. The van der Waals surface area contributed by atoms with Gasteiger partial charge >= 0.3 is 5.97 Å². The van der Waals surface area contributed by atoms with Gasteiger partial charge in [0.05, 0.1) is 0 Å². The molecule has 1 saturated heterocycles. The molecular formula is C36H50O5Si. The second-order valence-electron chi connectivity index (χ2n) is 12.4. The molecule has 2 aromatic carbocycles. The van der Waals surface area contributed by atoms with Gasteiger partial charge in [-0.15, -0.1) is 12.3 Å². The van der Waals surface area contributed by atoms with Crippen molar-refractivity contribution in [2.75, 3.05) is 13.2 Å². The molecule has 0 aliphatic carbocycles. The Labute approximate surface area is 255 Å². The van der Waals surface area contributed by atoms with Crippen LogP contribution in [-0.4, -0.2) is 46.0 Å². The average Bonchev–Trinajstić information content (AvgIpc) is 2.96. The minimum absolute atomic E-state index is 0.0627. The van der Waals surface area contributed by atoms with E-state index in [9.17, 15) is 4.79 Å². The van der Waals surface area contributed by atoms with Gasteiger partial charge in [0.2, 0.25) is 0 Å². The van der Waals surface area contributed by atoms with E-state index in [2.05, 4.69) is 100 Å². The largest absolute Gasteiger partial charge is 0.456 e. The molecule has 4 atom stereocenters. The molecule has 228 valence electrons. The number of benzene rings is 2. The molecule has 1 aliphatic heterocycles. The number of hydrogen-bond donors (Lipinski definition) is 0. The van der Waals surface area contributed by atoms with Gasteiger partial charge in [0.1, 0.15) is 12.2 Å². The van der Waals surface area contributed by atoms with Gasteiger partial charge in [-0.25, -0.2) is 0 Å². The number of ether oxygens (including phenoxy) is 3. The van der Waals surface area contributed by atoms with Crippen LogP contribution in [0.15, 0.2) is 72.8 Å². The van der Waals surface area contributed by atoms with Crippen molar-refractivity contribution in [2.24, 2.45) is 5.92 Å². The molecule has 0 bridgehead atoms. The van der Waals surface area contributed by atoms with Crippen LogP contribution in [0.3, 0.4) is 0 Å². The first kappa shape index (κ1) is 33.8. The Balaban J connectivity index is 1.72. The van der Waals surface area contributed by atoms with Crippen molar-refractivity contribution < 1.29 is 23.4 Å². The maximum Gasteiger partial charge on any atom is 0.303 e. The van der Waals surface area contributed by atoms with E-state index in [-0.39, 0.29) is 29.3 Å². The predicted octanol–water partition coefficient (Wildman–Crippen LogP) is 6.79. The van der Waals surface area contributed by atoms with Crippen LogP contribution in [-0.2, 0) is 23.4 Å². The molecule has 0 radical (unpaired) electrons. The molecule has 0 amide bonds. The lowest BCUT2D eigenvalue weighted by Gasteiger charge is -2.43. The first-order valence-electron chi connectivity index (χ1n) is 15.5. The van der Waals surface area contributed by atoms with Gasteiger partial charge in [-0.05, 0) is 65.9 Å². The molecular weight excluding hydrogens is 540 g/mol. The number of unbranched alkanes of at least 4 members (excludes halogenated alkanes) is 1. The Morgan fingerprint density at radius 3 is 2.26 bits per heavy atom. The monoisotopic (exact) mass is 590 g/mol. The lowest BCUT2D eigenvalue weighted by Crippen LogP contribution is -2.66. The van der Waals surface area contributed by atoms with Crippen LogP contribution in [0.1, 0.15) is 79.6 Å². The lowest BCUT2D eigenvalue weighted by molar-refractivity contribution is -0.210. The highest BCUT2D eigenvalue weighted by molar-refractivity contribution is 6.99. The third-order valence-electron chi connectivity index (χ3n) is 7.81. The van der Waals surface area contributed by atoms with Crippen molar-refractivity contribution in [1.29, 1.82) is 0 Å². The summed E-state index contributed by atoms with van der Waals surface area (Å²) in [5.74, 6) is 2.65. The van der Waals surface area contributed by atoms with Crippen LogP contribution >= 0.6 is 0 Å². The molecule has 1 heterocycles. The van der Waals surface area contributed by atoms with Crippen molar-refractivity contribution in [1.82, 2.24) is 0 Å². The Morgan fingerprint density at radius 1 is 1.10 bits per heavy atom. The van der Waals surface area contributed by atoms with E-state index in [0.717, 1.165) is 32.1 Å². The molecule has 1 unspecified atom stereocenters. The zero-order valence-electron chi connectivity index (χ0n) is 26.2. The van der Waals surface area contributed by atoms with Gasteiger partial charge in [0.15, 0.2) is 6.29 Å². The second-order valence-corrected chi connectivity index (χ2v) is 16.7. The maximum absolute atomic E-state index is 12.1.